The van der Waals surface area contributed by atoms with E-state index in [4.69, 9.17) is 24.7 Å². The summed E-state index contributed by atoms with van der Waals surface area (Å²) in [5.41, 5.74) is 12.9. The number of likely N-dealkylation sites (tertiary alicyclic amines) is 1. The predicted octanol–water partition coefficient (Wildman–Crippen LogP) is 18.2. The van der Waals surface area contributed by atoms with E-state index in [0.29, 0.717) is 44.8 Å². The van der Waals surface area contributed by atoms with Crippen LogP contribution in [0.3, 0.4) is 0 Å². The van der Waals surface area contributed by atoms with Gasteiger partial charge in [0.1, 0.15) is 0 Å². The summed E-state index contributed by atoms with van der Waals surface area (Å²) >= 11 is 2.04. The van der Waals surface area contributed by atoms with Crippen LogP contribution in [-0.4, -0.2) is 202 Å². The van der Waals surface area contributed by atoms with Gasteiger partial charge in [-0.2, -0.15) is 11.8 Å². The second kappa shape index (κ2) is 46.0. The molecule has 0 saturated carbocycles. The Bertz CT molecular complexity index is 5830. The quantitative estimate of drug-likeness (QED) is 0.0279. The molecular formula is C99H123N13O9S5. The number of hydrogen-bond donors (Lipinski definition) is 4. The maximum Gasteiger partial charge on any atom is 0.261 e. The highest BCUT2D eigenvalue weighted by Crippen LogP contribution is 2.32. The van der Waals surface area contributed by atoms with Crippen LogP contribution in [0.2, 0.25) is 0 Å². The Morgan fingerprint density at radius 1 is 0.294 bits per heavy atom. The molecule has 4 aliphatic heterocycles. The van der Waals surface area contributed by atoms with E-state index in [1.807, 2.05) is 118 Å². The van der Waals surface area contributed by atoms with Crippen LogP contribution in [0.5, 0.6) is 0 Å². The summed E-state index contributed by atoms with van der Waals surface area (Å²) < 4.78 is 119. The van der Waals surface area contributed by atoms with Gasteiger partial charge in [0, 0.05) is 108 Å². The Balaban J connectivity index is 0.000000144. The zero-order chi connectivity index (χ0) is 88.3. The Hall–Kier alpha value is -9.49. The normalized spacial score (nSPS) is 15.4. The van der Waals surface area contributed by atoms with Crippen molar-refractivity contribution in [2.24, 2.45) is 0 Å². The Kier molecular flexibility index (Phi) is 34.3. The zero-order valence-corrected chi connectivity index (χ0v) is 77.6. The van der Waals surface area contributed by atoms with Crippen molar-refractivity contribution >= 4 is 118 Å². The molecule has 8 aromatic carbocycles. The highest BCUT2D eigenvalue weighted by Gasteiger charge is 2.23. The summed E-state index contributed by atoms with van der Waals surface area (Å²) in [7, 11) is -12.5. The number of hydrogen-bond acceptors (Lipinski definition) is 19. The number of nitrogens with zero attached hydrogens (tertiary/aromatic N) is 9. The van der Waals surface area contributed by atoms with Crippen LogP contribution in [0.15, 0.2) is 238 Å². The number of sulfonamides is 4. The van der Waals surface area contributed by atoms with Crippen molar-refractivity contribution in [2.45, 2.75) is 150 Å². The Morgan fingerprint density at radius 3 is 0.873 bits per heavy atom. The number of ether oxygens (including phenoxy) is 1. The lowest BCUT2D eigenvalue weighted by atomic mass is 10.1. The first-order valence-corrected chi connectivity index (χ1v) is 51.7. The molecule has 0 amide bonds. The van der Waals surface area contributed by atoms with E-state index in [1.54, 1.807) is 121 Å². The van der Waals surface area contributed by atoms with Crippen molar-refractivity contribution in [3.05, 3.63) is 263 Å². The lowest BCUT2D eigenvalue weighted by molar-refractivity contribution is 0.0372. The summed E-state index contributed by atoms with van der Waals surface area (Å²) in [6.45, 7) is 25.5. The number of likely N-dealkylation sites (N-methyl/N-ethyl adjacent to an activating group) is 1. The Morgan fingerprint density at radius 2 is 0.563 bits per heavy atom. The number of aryl methyl sites for hydroxylation is 8. The Labute approximate surface area is 751 Å². The van der Waals surface area contributed by atoms with Crippen LogP contribution in [0.4, 0.5) is 22.7 Å². The van der Waals surface area contributed by atoms with E-state index in [-0.39, 0.29) is 19.6 Å². The summed E-state index contributed by atoms with van der Waals surface area (Å²) in [6, 6.07) is 66.1. The summed E-state index contributed by atoms with van der Waals surface area (Å²) in [4.78, 5) is 32.7. The molecule has 668 valence electrons. The van der Waals surface area contributed by atoms with Crippen LogP contribution in [0.25, 0.3) is 43.6 Å². The third-order valence-electron chi connectivity index (χ3n) is 23.5. The monoisotopic (exact) mass is 1800 g/mol. The molecule has 0 atom stereocenters. The van der Waals surface area contributed by atoms with Crippen LogP contribution in [0, 0.1) is 27.7 Å². The molecule has 0 unspecified atom stereocenters. The molecule has 8 heterocycles. The van der Waals surface area contributed by atoms with Gasteiger partial charge in [-0.05, 0) is 261 Å². The first-order chi connectivity index (χ1) is 60.9. The van der Waals surface area contributed by atoms with Crippen LogP contribution in [0.1, 0.15) is 122 Å². The van der Waals surface area contributed by atoms with Gasteiger partial charge in [-0.15, -0.1) is 0 Å². The molecule has 4 aromatic heterocycles. The lowest BCUT2D eigenvalue weighted by Crippen LogP contribution is -2.44. The number of fused-ring (bicyclic) bond motifs is 4. The maximum absolute atomic E-state index is 12.9. The van der Waals surface area contributed by atoms with Gasteiger partial charge in [-0.25, -0.2) is 33.7 Å². The van der Waals surface area contributed by atoms with Gasteiger partial charge in [0.2, 0.25) is 0 Å². The number of anilines is 4. The summed E-state index contributed by atoms with van der Waals surface area (Å²) in [5.74, 6) is 2.49. The van der Waals surface area contributed by atoms with Crippen molar-refractivity contribution in [1.82, 2.24) is 44.4 Å². The maximum atomic E-state index is 12.9. The van der Waals surface area contributed by atoms with Crippen molar-refractivity contribution in [1.29, 1.82) is 0 Å². The van der Waals surface area contributed by atoms with E-state index in [2.05, 4.69) is 68.6 Å². The number of aromatic nitrogens is 4. The number of piperazine rings is 1. The number of pyridine rings is 4. The molecule has 4 saturated heterocycles. The molecule has 12 aromatic rings. The molecule has 4 N–H and O–H groups in total. The molecule has 4 fully saturated rings. The summed E-state index contributed by atoms with van der Waals surface area (Å²) in [5, 5.41) is 3.71. The molecule has 126 heavy (non-hydrogen) atoms. The van der Waals surface area contributed by atoms with E-state index in [9.17, 15) is 33.7 Å². The molecular weight excluding hydrogens is 1680 g/mol. The number of para-hydroxylation sites is 4. The fourth-order valence-electron chi connectivity index (χ4n) is 16.0. The fraction of sp³-hybridized carbons (Fsp3) is 0.394. The molecule has 0 radical (unpaired) electrons. The van der Waals surface area contributed by atoms with Crippen LogP contribution in [-0.2, 0) is 70.5 Å². The molecule has 0 bridgehead atoms. The van der Waals surface area contributed by atoms with Crippen LogP contribution < -0.4 is 18.9 Å². The third kappa shape index (κ3) is 28.0. The van der Waals surface area contributed by atoms with E-state index in [0.717, 1.165) is 209 Å². The van der Waals surface area contributed by atoms with Crippen molar-refractivity contribution in [3.8, 4) is 0 Å². The number of benzene rings is 8. The van der Waals surface area contributed by atoms with Gasteiger partial charge >= 0.3 is 0 Å². The van der Waals surface area contributed by atoms with Crippen molar-refractivity contribution < 1.29 is 38.4 Å². The van der Waals surface area contributed by atoms with E-state index < -0.39 is 40.1 Å². The minimum absolute atomic E-state index is 0.245. The highest BCUT2D eigenvalue weighted by molar-refractivity contribution is 7.99. The summed E-state index contributed by atoms with van der Waals surface area (Å²) in [6.07, 6.45) is 17.8. The lowest BCUT2D eigenvalue weighted by Gasteiger charge is -2.32. The van der Waals surface area contributed by atoms with Gasteiger partial charge < -0.3 is 24.3 Å². The van der Waals surface area contributed by atoms with Gasteiger partial charge in [-0.3, -0.25) is 43.7 Å². The average Bonchev–Trinajstić information content (AvgIpc) is 0.806. The fourth-order valence-corrected chi connectivity index (χ4v) is 21.2. The molecule has 0 aliphatic carbocycles. The average molecular weight is 1800 g/mol. The minimum Gasteiger partial charge on any atom is -0.379 e. The van der Waals surface area contributed by atoms with Crippen molar-refractivity contribution in [2.75, 3.05) is 142 Å². The third-order valence-corrected chi connectivity index (χ3v) is 30.0. The first kappa shape index (κ1) is 94.1. The number of rotatable bonds is 33. The van der Waals surface area contributed by atoms with E-state index >= 15 is 0 Å². The van der Waals surface area contributed by atoms with Gasteiger partial charge in [0.25, 0.3) is 40.1 Å². The number of unbranched alkanes of at least 4 members (excludes halogenated alkanes) is 5. The standard InChI is InChI=1S/C26H33N3O2S.C25H32N4O2S.C24H29N3O3S.C24H29N3O2S2/c1-21-12-16-24(17-13-21)32(30,31)28-25-11-8-9-22-14-15-23(27-26(22)25)10-4-2-5-18-29-19-6-3-7-20-29;1-20-9-13-23(14-10-20)32(30,31)27-24-8-5-6-21-11-12-22(26-25(21)24)7-3-4-15-29-18-16-28(2)17-19-29;2*1-19-8-12-22(13-9-19)31(28,29)26-23-7-4-5-20-10-11-21(25-24(20)23)6-2-3-14-27-15-17-30-18-16-27/h8-9,11-17,28H,2-7,10,18-20H2,1H3;5-6,8-14,27H,3-4,7,15-19H2,1-2H3;2*4-5,7-13,26H,2-3,6,14-18H2,1H3. The predicted molar refractivity (Wildman–Crippen MR) is 517 cm³/mol. The molecule has 22 nitrogen and oxygen atoms in total. The second-order valence-electron chi connectivity index (χ2n) is 33.5. The van der Waals surface area contributed by atoms with Gasteiger partial charge in [-0.1, -0.05) is 156 Å². The van der Waals surface area contributed by atoms with Crippen molar-refractivity contribution in [3.63, 3.8) is 0 Å². The number of thioether (sulfide) groups is 1. The van der Waals surface area contributed by atoms with Crippen LogP contribution >= 0.6 is 11.8 Å². The number of piperidine rings is 1. The van der Waals surface area contributed by atoms with Gasteiger partial charge in [0.05, 0.1) is 77.6 Å². The smallest absolute Gasteiger partial charge is 0.261 e. The largest absolute Gasteiger partial charge is 0.379 e. The number of morpholine rings is 1. The molecule has 27 heteroatoms. The minimum atomic E-state index is -3.67. The second-order valence-corrected chi connectivity index (χ2v) is 41.5. The topological polar surface area (TPSA) is 262 Å². The van der Waals surface area contributed by atoms with E-state index in [1.165, 1.54) is 76.3 Å². The molecule has 0 spiro atoms. The van der Waals surface area contributed by atoms with Gasteiger partial charge in [0.15, 0.2) is 0 Å². The zero-order valence-electron chi connectivity index (χ0n) is 73.6. The molecule has 16 rings (SSSR count). The SMILES string of the molecule is Cc1ccc(S(=O)(=O)Nc2cccc3ccc(CCCCCN4CCCCC4)nc23)cc1.Cc1ccc(S(=O)(=O)Nc2cccc3ccc(CCCCN4CCN(C)CC4)nc23)cc1.Cc1ccc(S(=O)(=O)Nc2cccc3ccc(CCCCN4CCOCC4)nc23)cc1.Cc1ccc(S(=O)(=O)Nc2cccc3ccc(CCCCN4CCSCC4)nc23)cc1. The molecule has 4 aliphatic rings. The first-order valence-electron chi connectivity index (χ1n) is 44.6. The highest BCUT2D eigenvalue weighted by atomic mass is 32.2. The number of nitrogens with one attached hydrogen (secondary N) is 4.